The van der Waals surface area contributed by atoms with Crippen LogP contribution < -0.4 is 10.0 Å². The zero-order chi connectivity index (χ0) is 18.1. The van der Waals surface area contributed by atoms with Crippen molar-refractivity contribution in [1.29, 1.82) is 0 Å². The van der Waals surface area contributed by atoms with Crippen LogP contribution in [0.5, 0.6) is 0 Å². The first-order valence-electron chi connectivity index (χ1n) is 8.45. The Bertz CT molecular complexity index is 772. The maximum Gasteiger partial charge on any atom is 0.240 e. The normalized spacial score (nSPS) is 11.2. The molecule has 0 heterocycles. The minimum atomic E-state index is -3.55. The number of carbonyl (C=O) groups is 1. The molecule has 1 amide bonds. The van der Waals surface area contributed by atoms with Gasteiger partial charge in [-0.3, -0.25) is 4.79 Å². The number of hydrogen-bond acceptors (Lipinski definition) is 3. The summed E-state index contributed by atoms with van der Waals surface area (Å²) in [6.45, 7) is 2.36. The summed E-state index contributed by atoms with van der Waals surface area (Å²) in [6.07, 6.45) is 2.89. The number of anilines is 1. The molecule has 0 aliphatic carbocycles. The maximum atomic E-state index is 12.3. The molecule has 0 bridgehead atoms. The zero-order valence-electron chi connectivity index (χ0n) is 14.4. The molecule has 0 aliphatic rings. The number of carbonyl (C=O) groups excluding carboxylic acids is 1. The van der Waals surface area contributed by atoms with E-state index in [2.05, 4.69) is 10.0 Å². The molecule has 0 saturated heterocycles. The number of nitrogens with one attached hydrogen (secondary N) is 2. The number of rotatable bonds is 9. The van der Waals surface area contributed by atoms with E-state index in [1.807, 2.05) is 37.3 Å². The molecule has 2 rings (SSSR count). The summed E-state index contributed by atoms with van der Waals surface area (Å²) in [5.74, 6) is -0.0570. The summed E-state index contributed by atoms with van der Waals surface area (Å²) >= 11 is 0. The molecule has 0 aliphatic heterocycles. The highest BCUT2D eigenvalue weighted by atomic mass is 32.2. The quantitative estimate of drug-likeness (QED) is 0.720. The number of amides is 1. The largest absolute Gasteiger partial charge is 0.326 e. The van der Waals surface area contributed by atoms with Gasteiger partial charge in [0.15, 0.2) is 0 Å². The van der Waals surface area contributed by atoms with Crippen LogP contribution in [0, 0.1) is 0 Å². The van der Waals surface area contributed by atoms with Crippen molar-refractivity contribution in [1.82, 2.24) is 4.72 Å². The van der Waals surface area contributed by atoms with Crippen LogP contribution in [0.4, 0.5) is 5.69 Å². The number of benzene rings is 2. The van der Waals surface area contributed by atoms with Crippen molar-refractivity contribution in [3.63, 3.8) is 0 Å². The minimum absolute atomic E-state index is 0.0570. The molecular weight excluding hydrogens is 336 g/mol. The fourth-order valence-electron chi connectivity index (χ4n) is 2.34. The second-order valence-corrected chi connectivity index (χ2v) is 7.58. The molecule has 25 heavy (non-hydrogen) atoms. The van der Waals surface area contributed by atoms with Gasteiger partial charge < -0.3 is 5.32 Å². The van der Waals surface area contributed by atoms with E-state index in [1.54, 1.807) is 12.1 Å². The lowest BCUT2D eigenvalue weighted by atomic mass is 10.2. The molecule has 0 aromatic heterocycles. The van der Waals surface area contributed by atoms with E-state index in [9.17, 15) is 13.2 Å². The Hall–Kier alpha value is -2.18. The smallest absolute Gasteiger partial charge is 0.240 e. The third kappa shape index (κ3) is 6.32. The first-order chi connectivity index (χ1) is 12.0. The van der Waals surface area contributed by atoms with E-state index in [4.69, 9.17) is 0 Å². The highest BCUT2D eigenvalue weighted by Crippen LogP contribution is 2.14. The molecule has 0 fully saturated rings. The van der Waals surface area contributed by atoms with Crippen molar-refractivity contribution in [2.45, 2.75) is 37.5 Å². The molecule has 0 radical (unpaired) electrons. The topological polar surface area (TPSA) is 75.3 Å². The van der Waals surface area contributed by atoms with Gasteiger partial charge in [-0.1, -0.05) is 43.7 Å². The van der Waals surface area contributed by atoms with Gasteiger partial charge in [-0.25, -0.2) is 13.1 Å². The van der Waals surface area contributed by atoms with Crippen LogP contribution in [-0.4, -0.2) is 20.9 Å². The molecular formula is C19H24N2O3S. The first-order valence-corrected chi connectivity index (χ1v) is 9.93. The van der Waals surface area contributed by atoms with Crippen LogP contribution in [0.15, 0.2) is 59.5 Å². The summed E-state index contributed by atoms with van der Waals surface area (Å²) < 4.78 is 27.2. The number of sulfonamides is 1. The van der Waals surface area contributed by atoms with Gasteiger partial charge >= 0.3 is 0 Å². The van der Waals surface area contributed by atoms with Gasteiger partial charge in [0.25, 0.3) is 0 Å². The van der Waals surface area contributed by atoms with Gasteiger partial charge in [0.1, 0.15) is 0 Å². The molecule has 2 aromatic carbocycles. The molecule has 0 saturated carbocycles. The third-order valence-electron chi connectivity index (χ3n) is 3.75. The predicted octanol–water partition coefficient (Wildman–Crippen LogP) is 3.34. The van der Waals surface area contributed by atoms with Crippen LogP contribution >= 0.6 is 0 Å². The summed E-state index contributed by atoms with van der Waals surface area (Å²) in [7, 11) is -3.55. The molecule has 134 valence electrons. The molecule has 2 aromatic rings. The van der Waals surface area contributed by atoms with Crippen molar-refractivity contribution in [2.75, 3.05) is 11.9 Å². The number of hydrogen-bond donors (Lipinski definition) is 2. The van der Waals surface area contributed by atoms with Gasteiger partial charge in [0, 0.05) is 18.7 Å². The van der Waals surface area contributed by atoms with Gasteiger partial charge in [-0.2, -0.15) is 0 Å². The van der Waals surface area contributed by atoms with Crippen LogP contribution in [-0.2, 0) is 21.2 Å². The van der Waals surface area contributed by atoms with Gasteiger partial charge in [0.2, 0.25) is 15.9 Å². The van der Waals surface area contributed by atoms with Crippen molar-refractivity contribution in [3.05, 3.63) is 60.2 Å². The van der Waals surface area contributed by atoms with Crippen molar-refractivity contribution >= 4 is 21.6 Å². The zero-order valence-corrected chi connectivity index (χ0v) is 15.2. The SMILES string of the molecule is CCCCC(=O)Nc1ccc(S(=O)(=O)NCCc2ccccc2)cc1. The average Bonchev–Trinajstić information content (AvgIpc) is 2.61. The lowest BCUT2D eigenvalue weighted by Crippen LogP contribution is -2.26. The Morgan fingerprint density at radius 1 is 1.00 bits per heavy atom. The monoisotopic (exact) mass is 360 g/mol. The molecule has 2 N–H and O–H groups in total. The Kier molecular flexibility index (Phi) is 7.16. The Morgan fingerprint density at radius 3 is 2.32 bits per heavy atom. The van der Waals surface area contributed by atoms with Crippen LogP contribution in [0.1, 0.15) is 31.7 Å². The van der Waals surface area contributed by atoms with Gasteiger partial charge in [-0.15, -0.1) is 0 Å². The van der Waals surface area contributed by atoms with E-state index in [-0.39, 0.29) is 10.8 Å². The van der Waals surface area contributed by atoms with Crippen LogP contribution in [0.2, 0.25) is 0 Å². The molecule has 0 atom stereocenters. The second-order valence-electron chi connectivity index (χ2n) is 5.81. The molecule has 0 spiro atoms. The van der Waals surface area contributed by atoms with Gasteiger partial charge in [0.05, 0.1) is 4.90 Å². The van der Waals surface area contributed by atoms with Crippen molar-refractivity contribution in [2.24, 2.45) is 0 Å². The average molecular weight is 360 g/mol. The summed E-state index contributed by atoms with van der Waals surface area (Å²) in [6, 6.07) is 15.9. The standard InChI is InChI=1S/C19H24N2O3S/c1-2-3-9-19(22)21-17-10-12-18(13-11-17)25(23,24)20-15-14-16-7-5-4-6-8-16/h4-8,10-13,20H,2-3,9,14-15H2,1H3,(H,21,22). The Balaban J connectivity index is 1.89. The lowest BCUT2D eigenvalue weighted by molar-refractivity contribution is -0.116. The van der Waals surface area contributed by atoms with E-state index in [0.29, 0.717) is 25.1 Å². The van der Waals surface area contributed by atoms with E-state index >= 15 is 0 Å². The fraction of sp³-hybridized carbons (Fsp3) is 0.316. The molecule has 5 nitrogen and oxygen atoms in total. The van der Waals surface area contributed by atoms with E-state index in [0.717, 1.165) is 18.4 Å². The highest BCUT2D eigenvalue weighted by molar-refractivity contribution is 7.89. The number of unbranched alkanes of at least 4 members (excludes halogenated alkanes) is 1. The van der Waals surface area contributed by atoms with E-state index in [1.165, 1.54) is 12.1 Å². The maximum absolute atomic E-state index is 12.3. The van der Waals surface area contributed by atoms with E-state index < -0.39 is 10.0 Å². The van der Waals surface area contributed by atoms with Crippen molar-refractivity contribution in [3.8, 4) is 0 Å². The highest BCUT2D eigenvalue weighted by Gasteiger charge is 2.13. The Morgan fingerprint density at radius 2 is 1.68 bits per heavy atom. The van der Waals surface area contributed by atoms with Gasteiger partial charge in [-0.05, 0) is 42.7 Å². The van der Waals surface area contributed by atoms with Crippen LogP contribution in [0.25, 0.3) is 0 Å². The summed E-state index contributed by atoms with van der Waals surface area (Å²) in [5, 5.41) is 2.77. The molecule has 0 unspecified atom stereocenters. The molecule has 6 heteroatoms. The fourth-order valence-corrected chi connectivity index (χ4v) is 3.37. The predicted molar refractivity (Wildman–Crippen MR) is 99.9 cm³/mol. The summed E-state index contributed by atoms with van der Waals surface area (Å²) in [4.78, 5) is 11.9. The van der Waals surface area contributed by atoms with Crippen LogP contribution in [0.3, 0.4) is 0 Å². The third-order valence-corrected chi connectivity index (χ3v) is 5.23. The summed E-state index contributed by atoms with van der Waals surface area (Å²) in [5.41, 5.74) is 1.68. The van der Waals surface area contributed by atoms with Crippen molar-refractivity contribution < 1.29 is 13.2 Å². The Labute approximate surface area is 149 Å². The first kappa shape index (κ1) is 19.1. The second kappa shape index (κ2) is 9.34. The minimum Gasteiger partial charge on any atom is -0.326 e. The lowest BCUT2D eigenvalue weighted by Gasteiger charge is -2.09.